The molecule has 0 aliphatic heterocycles. The topological polar surface area (TPSA) is 133 Å². The van der Waals surface area contributed by atoms with E-state index in [1.54, 1.807) is 0 Å². The van der Waals surface area contributed by atoms with Crippen LogP contribution in [0.4, 0.5) is 0 Å². The predicted molar refractivity (Wildman–Crippen MR) is 101 cm³/mol. The third-order valence-corrected chi connectivity index (χ3v) is 9.41. The van der Waals surface area contributed by atoms with Crippen LogP contribution in [-0.2, 0) is 29.2 Å². The maximum Gasteiger partial charge on any atom is 0.218 e. The first kappa shape index (κ1) is 21.7. The molecule has 0 unspecified atom stereocenters. The molecule has 0 aromatic carbocycles. The lowest BCUT2D eigenvalue weighted by Crippen LogP contribution is -2.52. The monoisotopic (exact) mass is 448 g/mol. The van der Waals surface area contributed by atoms with Crippen molar-refractivity contribution in [1.82, 2.24) is 0 Å². The summed E-state index contributed by atoms with van der Waals surface area (Å²) < 4.78 is 76.1. The van der Waals surface area contributed by atoms with Gasteiger partial charge in [-0.2, -0.15) is 0 Å². The van der Waals surface area contributed by atoms with Gasteiger partial charge in [-0.25, -0.2) is 16.8 Å². The normalized spacial score (nSPS) is 45.1. The molecule has 0 amide bonds. The Kier molecular flexibility index (Phi) is 5.24. The van der Waals surface area contributed by atoms with Gasteiger partial charge < -0.3 is 9.11 Å². The second-order valence-corrected chi connectivity index (χ2v) is 11.7. The summed E-state index contributed by atoms with van der Waals surface area (Å²) in [5.41, 5.74) is 0.795. The molecule has 0 spiro atoms. The quantitative estimate of drug-likeness (QED) is 0.364. The largest absolute Gasteiger partial charge is 0.726 e. The van der Waals surface area contributed by atoms with Crippen molar-refractivity contribution in [3.63, 3.8) is 0 Å². The van der Waals surface area contributed by atoms with Gasteiger partial charge in [-0.05, 0) is 80.0 Å². The molecule has 10 heteroatoms. The zero-order valence-electron chi connectivity index (χ0n) is 16.7. The first-order chi connectivity index (χ1) is 13.3. The SMILES string of the molecule is C[C@]12CC[C@H]3[C@@H](CCC4=C[C@@H](OS(=O)(=O)[O-])CC[C@@]43C)[C@@H]1CC[C@@H]2OS(=O)(=O)[O-]. The molecule has 166 valence electrons. The third-order valence-electron chi connectivity index (χ3n) is 8.46. The zero-order valence-corrected chi connectivity index (χ0v) is 18.3. The van der Waals surface area contributed by atoms with Crippen molar-refractivity contribution in [2.75, 3.05) is 0 Å². The average molecular weight is 449 g/mol. The Morgan fingerprint density at radius 2 is 1.59 bits per heavy atom. The Labute approximate surface area is 172 Å². The lowest BCUT2D eigenvalue weighted by atomic mass is 9.47. The lowest BCUT2D eigenvalue weighted by Gasteiger charge is -2.58. The minimum atomic E-state index is -4.73. The smallest absolute Gasteiger partial charge is 0.218 e. The Hall–Kier alpha value is -0.520. The van der Waals surface area contributed by atoms with Gasteiger partial charge in [0.15, 0.2) is 0 Å². The molecule has 4 aliphatic carbocycles. The van der Waals surface area contributed by atoms with Crippen LogP contribution in [0.2, 0.25) is 0 Å². The highest BCUT2D eigenvalue weighted by atomic mass is 32.3. The van der Waals surface area contributed by atoms with Crippen molar-refractivity contribution in [2.24, 2.45) is 28.6 Å². The average Bonchev–Trinajstić information content (AvgIpc) is 2.89. The van der Waals surface area contributed by atoms with E-state index in [-0.39, 0.29) is 10.8 Å². The molecule has 0 aromatic heterocycles. The highest BCUT2D eigenvalue weighted by Gasteiger charge is 2.59. The Morgan fingerprint density at radius 1 is 0.897 bits per heavy atom. The van der Waals surface area contributed by atoms with Crippen LogP contribution < -0.4 is 0 Å². The second kappa shape index (κ2) is 7.00. The summed E-state index contributed by atoms with van der Waals surface area (Å²) in [5.74, 6) is 1.13. The first-order valence-electron chi connectivity index (χ1n) is 10.3. The van der Waals surface area contributed by atoms with E-state index in [1.165, 1.54) is 5.57 Å². The first-order valence-corrected chi connectivity index (χ1v) is 13.0. The fourth-order valence-electron chi connectivity index (χ4n) is 7.18. The van der Waals surface area contributed by atoms with Crippen molar-refractivity contribution in [3.8, 4) is 0 Å². The van der Waals surface area contributed by atoms with Crippen LogP contribution in [0.5, 0.6) is 0 Å². The molecule has 0 saturated heterocycles. The summed E-state index contributed by atoms with van der Waals surface area (Å²) in [7, 11) is -9.45. The number of rotatable bonds is 4. The molecule has 7 atom stereocenters. The van der Waals surface area contributed by atoms with Crippen LogP contribution in [0, 0.1) is 28.6 Å². The van der Waals surface area contributed by atoms with E-state index in [0.717, 1.165) is 38.5 Å². The molecule has 0 radical (unpaired) electrons. The lowest BCUT2D eigenvalue weighted by molar-refractivity contribution is -0.0703. The maximum absolute atomic E-state index is 11.2. The Bertz CT molecular complexity index is 910. The molecule has 4 aliphatic rings. The van der Waals surface area contributed by atoms with E-state index < -0.39 is 33.0 Å². The van der Waals surface area contributed by atoms with Gasteiger partial charge >= 0.3 is 0 Å². The highest BCUT2D eigenvalue weighted by Crippen LogP contribution is 2.65. The molecule has 8 nitrogen and oxygen atoms in total. The zero-order chi connectivity index (χ0) is 21.2. The van der Waals surface area contributed by atoms with Gasteiger partial charge in [-0.1, -0.05) is 25.5 Å². The summed E-state index contributed by atoms with van der Waals surface area (Å²) in [6.45, 7) is 4.29. The molecular formula is C19H28O8S2-2. The van der Waals surface area contributed by atoms with Crippen LogP contribution in [0.3, 0.4) is 0 Å². The van der Waals surface area contributed by atoms with E-state index in [4.69, 9.17) is 8.37 Å². The van der Waals surface area contributed by atoms with Gasteiger partial charge in [0.25, 0.3) is 0 Å². The summed E-state index contributed by atoms with van der Waals surface area (Å²) >= 11 is 0. The van der Waals surface area contributed by atoms with E-state index in [0.29, 0.717) is 30.6 Å². The minimum absolute atomic E-state index is 0.0691. The van der Waals surface area contributed by atoms with Crippen molar-refractivity contribution in [3.05, 3.63) is 11.6 Å². The maximum atomic E-state index is 11.2. The van der Waals surface area contributed by atoms with Crippen molar-refractivity contribution < 1.29 is 34.3 Å². The molecule has 3 saturated carbocycles. The summed E-state index contributed by atoms with van der Waals surface area (Å²) in [6, 6.07) is 0. The molecule has 0 aromatic rings. The molecule has 0 bridgehead atoms. The standard InChI is InChI=1S/C19H30O8S2/c1-18-9-7-13(26-28(20,21)22)11-12(18)3-4-14-15-5-6-17(27-29(23,24)25)19(15,2)10-8-16(14)18/h11,13-17H,3-10H2,1-2H3,(H,20,21,22)(H,23,24,25)/p-2/t13-,14-,15-,16-,17-,18-,19-/m0/s1. The predicted octanol–water partition coefficient (Wildman–Crippen LogP) is 2.64. The molecule has 4 rings (SSSR count). The van der Waals surface area contributed by atoms with Gasteiger partial charge in [0.1, 0.15) is 0 Å². The van der Waals surface area contributed by atoms with Gasteiger partial charge in [0, 0.05) is 0 Å². The summed E-state index contributed by atoms with van der Waals surface area (Å²) in [4.78, 5) is 0. The number of hydrogen-bond donors (Lipinski definition) is 0. The van der Waals surface area contributed by atoms with Gasteiger partial charge in [0.05, 0.1) is 12.2 Å². The summed E-state index contributed by atoms with van der Waals surface area (Å²) in [5, 5.41) is 0. The number of allylic oxidation sites excluding steroid dienone is 1. The molecule has 3 fully saturated rings. The van der Waals surface area contributed by atoms with Crippen molar-refractivity contribution in [1.29, 1.82) is 0 Å². The Balaban J connectivity index is 1.57. The van der Waals surface area contributed by atoms with Crippen LogP contribution >= 0.6 is 0 Å². The van der Waals surface area contributed by atoms with Gasteiger partial charge in [0.2, 0.25) is 20.8 Å². The van der Waals surface area contributed by atoms with E-state index >= 15 is 0 Å². The van der Waals surface area contributed by atoms with E-state index in [2.05, 4.69) is 13.8 Å². The molecule has 29 heavy (non-hydrogen) atoms. The molecule has 0 heterocycles. The van der Waals surface area contributed by atoms with Crippen LogP contribution in [0.1, 0.15) is 65.2 Å². The van der Waals surface area contributed by atoms with E-state index in [1.807, 2.05) is 6.08 Å². The van der Waals surface area contributed by atoms with Crippen molar-refractivity contribution in [2.45, 2.75) is 77.4 Å². The number of hydrogen-bond acceptors (Lipinski definition) is 8. The Morgan fingerprint density at radius 3 is 2.24 bits per heavy atom. The molecular weight excluding hydrogens is 420 g/mol. The third kappa shape index (κ3) is 3.92. The second-order valence-electron chi connectivity index (χ2n) is 9.72. The van der Waals surface area contributed by atoms with Crippen molar-refractivity contribution >= 4 is 20.8 Å². The highest BCUT2D eigenvalue weighted by molar-refractivity contribution is 7.81. The fourth-order valence-corrected chi connectivity index (χ4v) is 8.23. The van der Waals surface area contributed by atoms with Crippen LogP contribution in [-0.4, -0.2) is 38.1 Å². The van der Waals surface area contributed by atoms with Crippen LogP contribution in [0.25, 0.3) is 0 Å². The van der Waals surface area contributed by atoms with E-state index in [9.17, 15) is 25.9 Å². The molecule has 0 N–H and O–H groups in total. The van der Waals surface area contributed by atoms with Gasteiger partial charge in [-0.15, -0.1) is 0 Å². The minimum Gasteiger partial charge on any atom is -0.726 e. The summed E-state index contributed by atoms with van der Waals surface area (Å²) in [6.07, 6.45) is 6.76. The fraction of sp³-hybridized carbons (Fsp3) is 0.895. The van der Waals surface area contributed by atoms with Gasteiger partial charge in [-0.3, -0.25) is 8.37 Å². The number of fused-ring (bicyclic) bond motifs is 5. The van der Waals surface area contributed by atoms with Crippen LogP contribution in [0.15, 0.2) is 11.6 Å².